The highest BCUT2D eigenvalue weighted by molar-refractivity contribution is 5.81. The van der Waals surface area contributed by atoms with Crippen LogP contribution in [-0.4, -0.2) is 35.0 Å². The third-order valence-corrected chi connectivity index (χ3v) is 1.71. The lowest BCUT2D eigenvalue weighted by Crippen LogP contribution is -2.36. The highest BCUT2D eigenvalue weighted by atomic mass is 16.7. The highest BCUT2D eigenvalue weighted by Gasteiger charge is 2.23. The average Bonchev–Trinajstić information content (AvgIpc) is 2.33. The molecule has 0 unspecified atom stereocenters. The first-order valence-corrected chi connectivity index (χ1v) is 3.85. The van der Waals surface area contributed by atoms with Crippen molar-refractivity contribution in [3.63, 3.8) is 0 Å². The van der Waals surface area contributed by atoms with E-state index in [4.69, 9.17) is 0 Å². The van der Waals surface area contributed by atoms with Crippen LogP contribution in [0.4, 0.5) is 0 Å². The molecule has 1 saturated heterocycles. The summed E-state index contributed by atoms with van der Waals surface area (Å²) in [6, 6.07) is 0.249. The van der Waals surface area contributed by atoms with E-state index in [2.05, 4.69) is 10.4 Å². The topological polar surface area (TPSA) is 70.8 Å². The summed E-state index contributed by atoms with van der Waals surface area (Å²) in [6.45, 7) is 5.46. The van der Waals surface area contributed by atoms with Gasteiger partial charge in [-0.05, 0) is 13.8 Å². The van der Waals surface area contributed by atoms with Crippen molar-refractivity contribution in [2.24, 2.45) is 5.10 Å². The monoisotopic (exact) mass is 172 g/mol. The van der Waals surface area contributed by atoms with Gasteiger partial charge in [-0.1, -0.05) is 0 Å². The Hall–Kier alpha value is -1.33. The zero-order chi connectivity index (χ0) is 9.14. The maximum atomic E-state index is 10.1. The van der Waals surface area contributed by atoms with E-state index < -0.39 is 5.03 Å². The molecule has 6 heteroatoms. The molecule has 0 saturated carbocycles. The molecule has 1 N–H and O–H groups in total. The first-order valence-electron chi connectivity index (χ1n) is 3.85. The van der Waals surface area contributed by atoms with Gasteiger partial charge in [-0.25, -0.2) is 10.1 Å². The Balaban J connectivity index is 2.70. The molecule has 1 fully saturated rings. The SMILES string of the molecule is CC(C)N1CCN/C1=N/[N+](=O)[O-]. The van der Waals surface area contributed by atoms with Crippen LogP contribution in [0.5, 0.6) is 0 Å². The largest absolute Gasteiger partial charge is 0.349 e. The Kier molecular flexibility index (Phi) is 2.47. The Labute approximate surface area is 70.4 Å². The minimum Gasteiger partial charge on any atom is -0.349 e. The van der Waals surface area contributed by atoms with Crippen LogP contribution in [0.1, 0.15) is 13.8 Å². The van der Waals surface area contributed by atoms with Crippen LogP contribution >= 0.6 is 0 Å². The third kappa shape index (κ3) is 1.84. The third-order valence-electron chi connectivity index (χ3n) is 1.71. The average molecular weight is 172 g/mol. The van der Waals surface area contributed by atoms with Crippen LogP contribution < -0.4 is 5.32 Å². The van der Waals surface area contributed by atoms with Crippen LogP contribution in [0, 0.1) is 10.1 Å². The molecule has 1 aliphatic rings. The maximum absolute atomic E-state index is 10.1. The predicted molar refractivity (Wildman–Crippen MR) is 44.3 cm³/mol. The molecule has 0 aliphatic carbocycles. The van der Waals surface area contributed by atoms with E-state index in [0.29, 0.717) is 5.96 Å². The van der Waals surface area contributed by atoms with Crippen LogP contribution in [-0.2, 0) is 0 Å². The maximum Gasteiger partial charge on any atom is 0.271 e. The number of rotatable bonds is 2. The molecule has 0 atom stereocenters. The van der Waals surface area contributed by atoms with Crippen molar-refractivity contribution < 1.29 is 5.03 Å². The standard InChI is InChI=1S/C6H12N4O2/c1-5(2)9-4-3-7-6(9)8-10(11)12/h5H,3-4H2,1-2H3,(H,7,8). The van der Waals surface area contributed by atoms with Gasteiger partial charge in [0.05, 0.1) is 0 Å². The predicted octanol–water partition coefficient (Wildman–Crippen LogP) is -0.152. The molecule has 0 aromatic rings. The first kappa shape index (κ1) is 8.76. The van der Waals surface area contributed by atoms with Crippen LogP contribution in [0.15, 0.2) is 5.10 Å². The minimum absolute atomic E-state index is 0.249. The molecule has 6 nitrogen and oxygen atoms in total. The van der Waals surface area contributed by atoms with E-state index in [-0.39, 0.29) is 6.04 Å². The van der Waals surface area contributed by atoms with Gasteiger partial charge in [-0.15, -0.1) is 0 Å². The molecular weight excluding hydrogens is 160 g/mol. The van der Waals surface area contributed by atoms with E-state index in [1.165, 1.54) is 0 Å². The molecule has 1 heterocycles. The molecule has 68 valence electrons. The van der Waals surface area contributed by atoms with Crippen molar-refractivity contribution in [2.45, 2.75) is 19.9 Å². The molecule has 12 heavy (non-hydrogen) atoms. The second kappa shape index (κ2) is 3.38. The van der Waals surface area contributed by atoms with Gasteiger partial charge in [0.25, 0.3) is 5.96 Å². The van der Waals surface area contributed by atoms with E-state index >= 15 is 0 Å². The zero-order valence-corrected chi connectivity index (χ0v) is 7.15. The van der Waals surface area contributed by atoms with Crippen LogP contribution in [0.25, 0.3) is 0 Å². The lowest BCUT2D eigenvalue weighted by molar-refractivity contribution is -0.485. The summed E-state index contributed by atoms with van der Waals surface area (Å²) in [5.74, 6) is 0.370. The smallest absolute Gasteiger partial charge is 0.271 e. The Morgan fingerprint density at radius 2 is 2.42 bits per heavy atom. The van der Waals surface area contributed by atoms with Crippen molar-refractivity contribution >= 4 is 5.96 Å². The van der Waals surface area contributed by atoms with E-state index in [1.807, 2.05) is 18.7 Å². The van der Waals surface area contributed by atoms with Crippen molar-refractivity contribution in [2.75, 3.05) is 13.1 Å². The van der Waals surface area contributed by atoms with Crippen LogP contribution in [0.2, 0.25) is 0 Å². The second-order valence-corrected chi connectivity index (χ2v) is 2.88. The number of guanidine groups is 1. The van der Waals surface area contributed by atoms with Crippen molar-refractivity contribution in [3.05, 3.63) is 10.1 Å². The van der Waals surface area contributed by atoms with E-state index in [9.17, 15) is 10.1 Å². The summed E-state index contributed by atoms with van der Waals surface area (Å²) >= 11 is 0. The zero-order valence-electron chi connectivity index (χ0n) is 7.15. The minimum atomic E-state index is -0.678. The summed E-state index contributed by atoms with van der Waals surface area (Å²) < 4.78 is 0. The van der Waals surface area contributed by atoms with Gasteiger partial charge in [0.1, 0.15) is 5.10 Å². The van der Waals surface area contributed by atoms with Gasteiger partial charge in [0.2, 0.25) is 0 Å². The first-order chi connectivity index (χ1) is 5.61. The summed E-state index contributed by atoms with van der Waals surface area (Å²) in [6.07, 6.45) is 0. The molecule has 0 bridgehead atoms. The second-order valence-electron chi connectivity index (χ2n) is 2.88. The van der Waals surface area contributed by atoms with Crippen molar-refractivity contribution in [1.82, 2.24) is 10.2 Å². The fourth-order valence-corrected chi connectivity index (χ4v) is 1.17. The lowest BCUT2D eigenvalue weighted by atomic mass is 10.3. The number of nitrogens with zero attached hydrogens (tertiary/aromatic N) is 3. The fraction of sp³-hybridized carbons (Fsp3) is 0.833. The van der Waals surface area contributed by atoms with Gasteiger partial charge < -0.3 is 10.2 Å². The molecule has 1 aliphatic heterocycles. The Bertz CT molecular complexity index is 214. The van der Waals surface area contributed by atoms with E-state index in [0.717, 1.165) is 13.1 Å². The number of hydrazone groups is 1. The number of hydrogen-bond acceptors (Lipinski definition) is 2. The van der Waals surface area contributed by atoms with E-state index in [1.54, 1.807) is 0 Å². The van der Waals surface area contributed by atoms with Gasteiger partial charge in [-0.2, -0.15) is 0 Å². The molecule has 0 spiro atoms. The summed E-state index contributed by atoms with van der Waals surface area (Å²) in [5.41, 5.74) is 0. The summed E-state index contributed by atoms with van der Waals surface area (Å²) in [7, 11) is 0. The molecule has 0 aromatic heterocycles. The summed E-state index contributed by atoms with van der Waals surface area (Å²) in [4.78, 5) is 11.9. The van der Waals surface area contributed by atoms with Crippen molar-refractivity contribution in [3.8, 4) is 0 Å². The summed E-state index contributed by atoms with van der Waals surface area (Å²) in [5, 5.41) is 15.5. The highest BCUT2D eigenvalue weighted by Crippen LogP contribution is 2.02. The van der Waals surface area contributed by atoms with Gasteiger partial charge in [0, 0.05) is 19.1 Å². The van der Waals surface area contributed by atoms with Gasteiger partial charge >= 0.3 is 0 Å². The number of nitrogens with one attached hydrogen (secondary N) is 1. The molecule has 0 amide bonds. The normalized spacial score (nSPS) is 20.2. The number of hydrogen-bond donors (Lipinski definition) is 1. The molecule has 1 rings (SSSR count). The van der Waals surface area contributed by atoms with Crippen LogP contribution in [0.3, 0.4) is 0 Å². The van der Waals surface area contributed by atoms with Crippen molar-refractivity contribution in [1.29, 1.82) is 0 Å². The van der Waals surface area contributed by atoms with Gasteiger partial charge in [0.15, 0.2) is 5.03 Å². The van der Waals surface area contributed by atoms with Gasteiger partial charge in [-0.3, -0.25) is 0 Å². The number of nitro groups is 1. The lowest BCUT2D eigenvalue weighted by Gasteiger charge is -2.19. The Morgan fingerprint density at radius 3 is 2.92 bits per heavy atom. The molecule has 0 aromatic carbocycles. The fourth-order valence-electron chi connectivity index (χ4n) is 1.17. The molecule has 0 radical (unpaired) electrons. The molecular formula is C6H12N4O2. The Morgan fingerprint density at radius 1 is 1.75 bits per heavy atom. The quantitative estimate of drug-likeness (QED) is 0.464.